The zero-order valence-corrected chi connectivity index (χ0v) is 10.8. The topological polar surface area (TPSA) is 72.7 Å². The molecule has 0 aromatic heterocycles. The summed E-state index contributed by atoms with van der Waals surface area (Å²) in [5.74, 6) is -0.470. The van der Waals surface area contributed by atoms with Crippen LogP contribution in [0.25, 0.3) is 0 Å². The first-order valence-electron chi connectivity index (χ1n) is 5.72. The molecule has 1 radical (unpaired) electrons. The van der Waals surface area contributed by atoms with Crippen molar-refractivity contribution in [3.8, 4) is 0 Å². The Balaban J connectivity index is 2.45. The molecule has 2 amide bonds. The van der Waals surface area contributed by atoms with E-state index in [2.05, 4.69) is 10.9 Å². The number of carbonyl (C=O) groups is 2. The van der Waals surface area contributed by atoms with E-state index in [0.717, 1.165) is 0 Å². The fourth-order valence-electron chi connectivity index (χ4n) is 1.68. The zero-order valence-electron chi connectivity index (χ0n) is 10.8. The van der Waals surface area contributed by atoms with Gasteiger partial charge in [-0.2, -0.15) is 0 Å². The maximum Gasteiger partial charge on any atom is 0.355 e. The lowest BCUT2D eigenvalue weighted by molar-refractivity contribution is -0.159. The highest BCUT2D eigenvalue weighted by molar-refractivity contribution is 5.77. The molecule has 0 aromatic carbocycles. The summed E-state index contributed by atoms with van der Waals surface area (Å²) < 4.78 is 5.29. The van der Waals surface area contributed by atoms with Crippen LogP contribution in [0, 0.1) is 5.92 Å². The summed E-state index contributed by atoms with van der Waals surface area (Å²) >= 11 is 0. The maximum atomic E-state index is 11.8. The number of nitrogens with zero attached hydrogens (tertiary/aromatic N) is 2. The number of rotatable bonds is 2. The quantitative estimate of drug-likeness (QED) is 0.565. The van der Waals surface area contributed by atoms with E-state index in [-0.39, 0.29) is 17.9 Å². The molecule has 6 nitrogen and oxygen atoms in total. The van der Waals surface area contributed by atoms with Crippen LogP contribution in [0.3, 0.4) is 0 Å². The van der Waals surface area contributed by atoms with Crippen molar-refractivity contribution in [2.75, 3.05) is 20.1 Å². The molecule has 0 saturated carbocycles. The third-order valence-corrected chi connectivity index (χ3v) is 2.41. The Morgan fingerprint density at radius 1 is 1.41 bits per heavy atom. The van der Waals surface area contributed by atoms with E-state index in [1.807, 2.05) is 20.8 Å². The van der Waals surface area contributed by atoms with Crippen molar-refractivity contribution < 1.29 is 14.3 Å². The van der Waals surface area contributed by atoms with Crippen molar-refractivity contribution in [1.29, 1.82) is 0 Å². The Morgan fingerprint density at radius 3 is 2.59 bits per heavy atom. The first kappa shape index (κ1) is 13.8. The van der Waals surface area contributed by atoms with Crippen molar-refractivity contribution in [3.05, 3.63) is 0 Å². The molecule has 17 heavy (non-hydrogen) atoms. The van der Waals surface area contributed by atoms with Crippen molar-refractivity contribution in [2.45, 2.75) is 32.8 Å². The standard InChI is InChI=1S/C11H20N3O3/c1-11(2,3)17-9(15)8-5-6-14(7-8)10(16)13-12-4/h8,12H,5-7H2,1-4H3. The van der Waals surface area contributed by atoms with E-state index in [9.17, 15) is 9.59 Å². The SMILES string of the molecule is CN[N]C(=O)N1CCC(C(=O)OC(C)(C)C)C1. The molecule has 0 aliphatic carbocycles. The molecule has 1 saturated heterocycles. The fourth-order valence-corrected chi connectivity index (χ4v) is 1.68. The molecule has 1 aliphatic rings. The van der Waals surface area contributed by atoms with Gasteiger partial charge in [0, 0.05) is 20.1 Å². The third-order valence-electron chi connectivity index (χ3n) is 2.41. The summed E-state index contributed by atoms with van der Waals surface area (Å²) in [4.78, 5) is 24.8. The van der Waals surface area contributed by atoms with Gasteiger partial charge in [0.15, 0.2) is 0 Å². The van der Waals surface area contributed by atoms with Crippen molar-refractivity contribution in [1.82, 2.24) is 15.8 Å². The van der Waals surface area contributed by atoms with Crippen molar-refractivity contribution in [3.63, 3.8) is 0 Å². The molecule has 1 fully saturated rings. The number of amides is 2. The van der Waals surface area contributed by atoms with Gasteiger partial charge in [-0.05, 0) is 27.2 Å². The van der Waals surface area contributed by atoms with Crippen LogP contribution in [0.4, 0.5) is 4.79 Å². The average molecular weight is 242 g/mol. The number of hydrogen-bond donors (Lipinski definition) is 1. The van der Waals surface area contributed by atoms with Gasteiger partial charge in [-0.25, -0.2) is 10.2 Å². The van der Waals surface area contributed by atoms with Crippen molar-refractivity contribution in [2.24, 2.45) is 5.92 Å². The summed E-state index contributed by atoms with van der Waals surface area (Å²) in [7, 11) is 1.57. The fraction of sp³-hybridized carbons (Fsp3) is 0.818. The minimum absolute atomic E-state index is 0.231. The Morgan fingerprint density at radius 2 is 2.06 bits per heavy atom. The van der Waals surface area contributed by atoms with Crippen LogP contribution < -0.4 is 10.9 Å². The zero-order chi connectivity index (χ0) is 13.1. The summed E-state index contributed by atoms with van der Waals surface area (Å²) in [5, 5.41) is 0. The summed E-state index contributed by atoms with van der Waals surface area (Å²) in [6, 6.07) is -0.335. The summed E-state index contributed by atoms with van der Waals surface area (Å²) in [6.07, 6.45) is 0.639. The number of hydrogen-bond acceptors (Lipinski definition) is 4. The van der Waals surface area contributed by atoms with Crippen LogP contribution in [-0.4, -0.2) is 42.6 Å². The molecular formula is C11H20N3O3. The number of nitrogens with one attached hydrogen (secondary N) is 1. The summed E-state index contributed by atoms with van der Waals surface area (Å²) in [5.41, 5.74) is 5.52. The molecule has 1 atom stereocenters. The van der Waals surface area contributed by atoms with Gasteiger partial charge < -0.3 is 9.64 Å². The van der Waals surface area contributed by atoms with Gasteiger partial charge in [0.2, 0.25) is 0 Å². The van der Waals surface area contributed by atoms with Gasteiger partial charge in [-0.15, -0.1) is 5.43 Å². The Hall–Kier alpha value is -1.30. The highest BCUT2D eigenvalue weighted by Gasteiger charge is 2.34. The van der Waals surface area contributed by atoms with Gasteiger partial charge >= 0.3 is 12.0 Å². The van der Waals surface area contributed by atoms with E-state index in [1.54, 1.807) is 11.9 Å². The number of ether oxygens (including phenoxy) is 1. The molecule has 0 spiro atoms. The number of esters is 1. The highest BCUT2D eigenvalue weighted by atomic mass is 16.6. The molecule has 97 valence electrons. The Kier molecular flexibility index (Phi) is 4.34. The lowest BCUT2D eigenvalue weighted by Crippen LogP contribution is -2.39. The number of likely N-dealkylation sites (tertiary alicyclic amines) is 1. The minimum atomic E-state index is -0.482. The second kappa shape index (κ2) is 5.35. The van der Waals surface area contributed by atoms with Crippen molar-refractivity contribution >= 4 is 12.0 Å². The monoisotopic (exact) mass is 242 g/mol. The summed E-state index contributed by atoms with van der Waals surface area (Å²) in [6.45, 7) is 6.43. The molecule has 0 aromatic rings. The van der Waals surface area contributed by atoms with Crippen LogP contribution in [0.1, 0.15) is 27.2 Å². The number of carbonyl (C=O) groups excluding carboxylic acids is 2. The third kappa shape index (κ3) is 4.22. The van der Waals surface area contributed by atoms with Crippen LogP contribution in [0.5, 0.6) is 0 Å². The minimum Gasteiger partial charge on any atom is -0.460 e. The first-order chi connectivity index (χ1) is 7.83. The molecular weight excluding hydrogens is 222 g/mol. The van der Waals surface area contributed by atoms with E-state index in [4.69, 9.17) is 4.74 Å². The van der Waals surface area contributed by atoms with Gasteiger partial charge in [0.1, 0.15) is 5.60 Å². The van der Waals surface area contributed by atoms with Gasteiger partial charge in [-0.3, -0.25) is 4.79 Å². The Bertz CT molecular complexity index is 299. The van der Waals surface area contributed by atoms with Crippen LogP contribution in [-0.2, 0) is 9.53 Å². The number of urea groups is 1. The van der Waals surface area contributed by atoms with Gasteiger partial charge in [0.25, 0.3) is 0 Å². The van der Waals surface area contributed by atoms with E-state index in [1.165, 1.54) is 0 Å². The molecule has 0 bridgehead atoms. The lowest BCUT2D eigenvalue weighted by atomic mass is 10.1. The van der Waals surface area contributed by atoms with Crippen LogP contribution in [0.15, 0.2) is 0 Å². The van der Waals surface area contributed by atoms with E-state index >= 15 is 0 Å². The lowest BCUT2D eigenvalue weighted by Gasteiger charge is -2.22. The second-order valence-corrected chi connectivity index (χ2v) is 5.08. The van der Waals surface area contributed by atoms with Gasteiger partial charge in [0.05, 0.1) is 5.92 Å². The Labute approximate surface area is 102 Å². The average Bonchev–Trinajstić information content (AvgIpc) is 2.63. The normalized spacial score (nSPS) is 20.2. The molecule has 1 aliphatic heterocycles. The molecule has 1 rings (SSSR count). The highest BCUT2D eigenvalue weighted by Crippen LogP contribution is 2.20. The smallest absolute Gasteiger partial charge is 0.355 e. The predicted molar refractivity (Wildman–Crippen MR) is 62.1 cm³/mol. The van der Waals surface area contributed by atoms with Crippen LogP contribution >= 0.6 is 0 Å². The van der Waals surface area contributed by atoms with E-state index < -0.39 is 5.60 Å². The maximum absolute atomic E-state index is 11.8. The van der Waals surface area contributed by atoms with Crippen LogP contribution in [0.2, 0.25) is 0 Å². The predicted octanol–water partition coefficient (Wildman–Crippen LogP) is 0.509. The molecule has 1 heterocycles. The first-order valence-corrected chi connectivity index (χ1v) is 5.72. The molecule has 1 unspecified atom stereocenters. The molecule has 6 heteroatoms. The molecule has 1 N–H and O–H groups in total. The van der Waals surface area contributed by atoms with E-state index in [0.29, 0.717) is 19.5 Å². The largest absolute Gasteiger partial charge is 0.460 e. The second-order valence-electron chi connectivity index (χ2n) is 5.08. The van der Waals surface area contributed by atoms with Gasteiger partial charge in [-0.1, -0.05) is 0 Å².